The minimum absolute atomic E-state index is 0.0202. The highest BCUT2D eigenvalue weighted by Crippen LogP contribution is 2.46. The number of amides is 3. The number of carboxylic acid groups (broad SMARTS) is 1. The molecule has 1 aliphatic carbocycles. The van der Waals surface area contributed by atoms with Gasteiger partial charge in [-0.25, -0.2) is 9.59 Å². The molecule has 3 N–H and O–H groups in total. The van der Waals surface area contributed by atoms with E-state index in [0.29, 0.717) is 31.2 Å². The number of aromatic nitrogens is 1. The van der Waals surface area contributed by atoms with Crippen molar-refractivity contribution in [3.8, 4) is 5.75 Å². The van der Waals surface area contributed by atoms with E-state index in [1.165, 1.54) is 12.8 Å². The molecule has 3 aliphatic rings. The van der Waals surface area contributed by atoms with Crippen LogP contribution in [0, 0.1) is 0 Å². The first-order valence-electron chi connectivity index (χ1n) is 13.4. The first kappa shape index (κ1) is 29.2. The van der Waals surface area contributed by atoms with Crippen molar-refractivity contribution >= 4 is 23.6 Å². The molecular weight excluding hydrogens is 529 g/mol. The van der Waals surface area contributed by atoms with Gasteiger partial charge in [0.15, 0.2) is 0 Å². The predicted molar refractivity (Wildman–Crippen MR) is 140 cm³/mol. The number of carboxylic acids is 1. The van der Waals surface area contributed by atoms with Crippen LogP contribution in [0.4, 0.5) is 23.7 Å². The number of halogens is 3. The lowest BCUT2D eigenvalue weighted by Crippen LogP contribution is -2.54. The molecule has 0 bridgehead atoms. The predicted octanol–water partition coefficient (Wildman–Crippen LogP) is 5.10. The lowest BCUT2D eigenvalue weighted by molar-refractivity contribution is -0.192. The van der Waals surface area contributed by atoms with Crippen molar-refractivity contribution in [1.82, 2.24) is 15.2 Å². The molecular formula is C28H33F3N4O5. The third-order valence-corrected chi connectivity index (χ3v) is 7.57. The fourth-order valence-corrected chi connectivity index (χ4v) is 5.56. The fourth-order valence-electron chi connectivity index (χ4n) is 5.56. The highest BCUT2D eigenvalue weighted by Gasteiger charge is 2.44. The second kappa shape index (κ2) is 12.6. The van der Waals surface area contributed by atoms with Gasteiger partial charge < -0.3 is 25.4 Å². The normalized spacial score (nSPS) is 20.0. The zero-order valence-electron chi connectivity index (χ0n) is 22.0. The number of fused-ring (bicyclic) bond motifs is 1. The van der Waals surface area contributed by atoms with Crippen LogP contribution in [0.15, 0.2) is 48.8 Å². The fraction of sp³-hybridized carbons (Fsp3) is 0.500. The highest BCUT2D eigenvalue weighted by molar-refractivity contribution is 5.91. The molecule has 1 spiro atoms. The summed E-state index contributed by atoms with van der Waals surface area (Å²) in [6.45, 7) is 1.35. The number of hydrogen-bond donors (Lipinski definition) is 3. The van der Waals surface area contributed by atoms with Crippen LogP contribution in [0.5, 0.6) is 5.75 Å². The number of benzene rings is 1. The zero-order valence-corrected chi connectivity index (χ0v) is 22.0. The Morgan fingerprint density at radius 1 is 1.07 bits per heavy atom. The summed E-state index contributed by atoms with van der Waals surface area (Å²) in [5.41, 5.74) is 1.46. The summed E-state index contributed by atoms with van der Waals surface area (Å²) in [6.07, 6.45) is 5.58. The van der Waals surface area contributed by atoms with E-state index in [9.17, 15) is 22.8 Å². The number of carbonyl (C=O) groups excluding carboxylic acids is 2. The zero-order chi connectivity index (χ0) is 28.8. The third-order valence-electron chi connectivity index (χ3n) is 7.57. The number of nitrogens with zero attached hydrogens (tertiary/aromatic N) is 2. The van der Waals surface area contributed by atoms with E-state index in [-0.39, 0.29) is 23.5 Å². The van der Waals surface area contributed by atoms with Gasteiger partial charge in [0.1, 0.15) is 11.4 Å². The Morgan fingerprint density at radius 3 is 2.38 bits per heavy atom. The van der Waals surface area contributed by atoms with Crippen LogP contribution in [0.2, 0.25) is 0 Å². The number of urea groups is 1. The van der Waals surface area contributed by atoms with Crippen molar-refractivity contribution in [3.05, 3.63) is 54.4 Å². The maximum absolute atomic E-state index is 12.8. The standard InChI is InChI=1S/C26H32N4O3.C2HF3O2/c31-24(28-21-8-5-13-27-18-21)16-19-17-26(33-23-10-4-3-9-22(19)23)11-14-30(15-12-26)25(32)29-20-6-1-2-7-20;3-2(4,5)1(6)7/h3-5,8-10,13,18-20H,1-2,6-7,11-12,14-17H2,(H,28,31)(H,29,32);(H,6,7). The van der Waals surface area contributed by atoms with Crippen LogP contribution in [0.25, 0.3) is 0 Å². The quantitative estimate of drug-likeness (QED) is 0.477. The molecule has 3 amide bonds. The summed E-state index contributed by atoms with van der Waals surface area (Å²) in [5, 5.41) is 13.3. The molecule has 1 aromatic carbocycles. The SMILES string of the molecule is O=C(CC1CC2(CCN(C(=O)NC3CCCC3)CC2)Oc2ccccc21)Nc1cccnc1.O=C(O)C(F)(F)F. The largest absolute Gasteiger partial charge is 0.490 e. The molecule has 1 saturated carbocycles. The van der Waals surface area contributed by atoms with Gasteiger partial charge in [-0.3, -0.25) is 9.78 Å². The first-order valence-corrected chi connectivity index (χ1v) is 13.4. The van der Waals surface area contributed by atoms with Gasteiger partial charge in [-0.1, -0.05) is 31.0 Å². The van der Waals surface area contributed by atoms with Crippen molar-refractivity contribution in [2.45, 2.75) is 75.1 Å². The van der Waals surface area contributed by atoms with E-state index < -0.39 is 12.1 Å². The van der Waals surface area contributed by atoms with Crippen molar-refractivity contribution in [2.75, 3.05) is 18.4 Å². The van der Waals surface area contributed by atoms with Crippen LogP contribution >= 0.6 is 0 Å². The van der Waals surface area contributed by atoms with Crippen LogP contribution in [0.3, 0.4) is 0 Å². The topological polar surface area (TPSA) is 121 Å². The number of aliphatic carboxylic acids is 1. The third kappa shape index (κ3) is 7.64. The number of ether oxygens (including phenoxy) is 1. The molecule has 40 heavy (non-hydrogen) atoms. The maximum Gasteiger partial charge on any atom is 0.490 e. The van der Waals surface area contributed by atoms with Gasteiger partial charge in [0.05, 0.1) is 11.9 Å². The molecule has 2 aliphatic heterocycles. The molecule has 2 fully saturated rings. The number of pyridine rings is 1. The van der Waals surface area contributed by atoms with Crippen LogP contribution < -0.4 is 15.4 Å². The number of para-hydroxylation sites is 1. The minimum Gasteiger partial charge on any atom is -0.487 e. The molecule has 2 aromatic rings. The first-order chi connectivity index (χ1) is 19.0. The Bertz CT molecular complexity index is 1180. The number of alkyl halides is 3. The molecule has 12 heteroatoms. The van der Waals surface area contributed by atoms with Crippen LogP contribution in [0.1, 0.15) is 62.8 Å². The minimum atomic E-state index is -5.08. The van der Waals surface area contributed by atoms with Gasteiger partial charge in [-0.2, -0.15) is 13.2 Å². The highest BCUT2D eigenvalue weighted by atomic mass is 19.4. The van der Waals surface area contributed by atoms with E-state index in [2.05, 4.69) is 21.7 Å². The summed E-state index contributed by atoms with van der Waals surface area (Å²) in [4.78, 5) is 40.4. The monoisotopic (exact) mass is 562 g/mol. The summed E-state index contributed by atoms with van der Waals surface area (Å²) >= 11 is 0. The molecule has 9 nitrogen and oxygen atoms in total. The number of hydrogen-bond acceptors (Lipinski definition) is 5. The van der Waals surface area contributed by atoms with Crippen molar-refractivity contribution in [3.63, 3.8) is 0 Å². The Morgan fingerprint density at radius 2 is 1.75 bits per heavy atom. The molecule has 3 heterocycles. The van der Waals surface area contributed by atoms with E-state index in [4.69, 9.17) is 14.6 Å². The molecule has 0 radical (unpaired) electrons. The van der Waals surface area contributed by atoms with E-state index in [0.717, 1.165) is 43.4 Å². The van der Waals surface area contributed by atoms with Gasteiger partial charge in [0, 0.05) is 50.5 Å². The van der Waals surface area contributed by atoms with E-state index >= 15 is 0 Å². The molecule has 1 aromatic heterocycles. The Labute approximate surface area is 230 Å². The number of likely N-dealkylation sites (tertiary alicyclic amines) is 1. The summed E-state index contributed by atoms with van der Waals surface area (Å²) in [5.74, 6) is -1.84. The van der Waals surface area contributed by atoms with Crippen molar-refractivity contribution in [2.24, 2.45) is 0 Å². The second-order valence-corrected chi connectivity index (χ2v) is 10.4. The average molecular weight is 563 g/mol. The smallest absolute Gasteiger partial charge is 0.487 e. The van der Waals surface area contributed by atoms with Crippen LogP contribution in [-0.2, 0) is 9.59 Å². The molecule has 1 saturated heterocycles. The van der Waals surface area contributed by atoms with Crippen LogP contribution in [-0.4, -0.2) is 63.8 Å². The van der Waals surface area contributed by atoms with Gasteiger partial charge in [-0.15, -0.1) is 0 Å². The van der Waals surface area contributed by atoms with E-state index in [1.807, 2.05) is 35.2 Å². The Hall–Kier alpha value is -3.83. The summed E-state index contributed by atoms with van der Waals surface area (Å²) < 4.78 is 38.3. The van der Waals surface area contributed by atoms with Gasteiger partial charge in [0.25, 0.3) is 0 Å². The number of nitrogens with one attached hydrogen (secondary N) is 2. The number of rotatable bonds is 4. The number of anilines is 1. The maximum atomic E-state index is 12.8. The summed E-state index contributed by atoms with van der Waals surface area (Å²) in [7, 11) is 0. The number of carbonyl (C=O) groups is 3. The van der Waals surface area contributed by atoms with Crippen molar-refractivity contribution in [1.29, 1.82) is 0 Å². The Balaban J connectivity index is 0.000000470. The molecule has 5 rings (SSSR count). The molecule has 1 atom stereocenters. The van der Waals surface area contributed by atoms with E-state index in [1.54, 1.807) is 12.4 Å². The average Bonchev–Trinajstić information content (AvgIpc) is 3.42. The molecule has 216 valence electrons. The number of piperidine rings is 1. The van der Waals surface area contributed by atoms with Gasteiger partial charge in [-0.05, 0) is 43.0 Å². The Kier molecular flexibility index (Phi) is 9.16. The summed E-state index contributed by atoms with van der Waals surface area (Å²) in [6, 6.07) is 12.1. The van der Waals surface area contributed by atoms with Crippen molar-refractivity contribution < 1.29 is 37.4 Å². The van der Waals surface area contributed by atoms with Gasteiger partial charge >= 0.3 is 18.2 Å². The lowest BCUT2D eigenvalue weighted by Gasteiger charge is -2.47. The molecule has 1 unspecified atom stereocenters. The van der Waals surface area contributed by atoms with Gasteiger partial charge in [0.2, 0.25) is 5.91 Å². The second-order valence-electron chi connectivity index (χ2n) is 10.4. The lowest BCUT2D eigenvalue weighted by atomic mass is 9.76.